The van der Waals surface area contributed by atoms with Gasteiger partial charge in [-0.15, -0.1) is 0 Å². The summed E-state index contributed by atoms with van der Waals surface area (Å²) in [6.45, 7) is 0. The molecule has 0 aliphatic rings. The quantitative estimate of drug-likeness (QED) is 0.847. The van der Waals surface area contributed by atoms with Gasteiger partial charge in [-0.1, -0.05) is 11.6 Å². The highest BCUT2D eigenvalue weighted by Crippen LogP contribution is 2.27. The van der Waals surface area contributed by atoms with Crippen LogP contribution in [0, 0.1) is 0 Å². The lowest BCUT2D eigenvalue weighted by molar-refractivity contribution is -0.141. The van der Waals surface area contributed by atoms with Crippen molar-refractivity contribution >= 4 is 29.2 Å². The van der Waals surface area contributed by atoms with Gasteiger partial charge in [0.05, 0.1) is 23.3 Å². The van der Waals surface area contributed by atoms with Crippen molar-refractivity contribution in [3.8, 4) is 0 Å². The summed E-state index contributed by atoms with van der Waals surface area (Å²) in [6.07, 6.45) is -3.77. The van der Waals surface area contributed by atoms with Gasteiger partial charge in [-0.25, -0.2) is 4.79 Å². The minimum Gasteiger partial charge on any atom is -0.465 e. The van der Waals surface area contributed by atoms with Crippen LogP contribution in [-0.2, 0) is 10.9 Å². The maximum absolute atomic E-state index is 12.4. The molecule has 126 valence electrons. The first-order valence-corrected chi connectivity index (χ1v) is 6.82. The molecule has 0 aliphatic heterocycles. The third kappa shape index (κ3) is 4.02. The van der Waals surface area contributed by atoms with Crippen LogP contribution in [0.25, 0.3) is 0 Å². The molecular weight excluding hydrogens is 349 g/mol. The van der Waals surface area contributed by atoms with Gasteiger partial charge in [-0.3, -0.25) is 9.78 Å². The number of nitrogens with one attached hydrogen (secondary N) is 1. The fourth-order valence-corrected chi connectivity index (χ4v) is 1.96. The van der Waals surface area contributed by atoms with E-state index in [1.807, 2.05) is 0 Å². The Morgan fingerprint density at radius 2 is 1.92 bits per heavy atom. The lowest BCUT2D eigenvalue weighted by Gasteiger charge is -2.09. The monoisotopic (exact) mass is 358 g/mol. The Balaban J connectivity index is 2.19. The second-order valence-electron chi connectivity index (χ2n) is 4.57. The standard InChI is InChI=1S/C15H10ClF3N2O3/c1-24-14(23)10-6-9(3-4-11(10)16)21-13(22)8-2-5-12(20-7-8)15(17,18)19/h2-7H,1H3,(H,21,22). The molecule has 0 aliphatic carbocycles. The molecule has 0 bridgehead atoms. The number of hydrogen-bond donors (Lipinski definition) is 1. The number of rotatable bonds is 3. The van der Waals surface area contributed by atoms with Crippen LogP contribution in [0.15, 0.2) is 36.5 Å². The number of pyridine rings is 1. The third-order valence-electron chi connectivity index (χ3n) is 2.95. The van der Waals surface area contributed by atoms with Crippen LogP contribution in [0.2, 0.25) is 5.02 Å². The number of esters is 1. The Morgan fingerprint density at radius 1 is 1.21 bits per heavy atom. The van der Waals surface area contributed by atoms with Gasteiger partial charge in [0, 0.05) is 11.9 Å². The first-order chi connectivity index (χ1) is 11.2. The summed E-state index contributed by atoms with van der Waals surface area (Å²) in [5.74, 6) is -1.37. The number of hydrogen-bond acceptors (Lipinski definition) is 4. The van der Waals surface area contributed by atoms with E-state index in [1.165, 1.54) is 25.3 Å². The van der Waals surface area contributed by atoms with Gasteiger partial charge in [-0.05, 0) is 30.3 Å². The van der Waals surface area contributed by atoms with Crippen LogP contribution >= 0.6 is 11.6 Å². The van der Waals surface area contributed by atoms with E-state index in [2.05, 4.69) is 15.0 Å². The fourth-order valence-electron chi connectivity index (χ4n) is 1.77. The van der Waals surface area contributed by atoms with Gasteiger partial charge in [0.25, 0.3) is 5.91 Å². The van der Waals surface area contributed by atoms with Crippen LogP contribution in [0.3, 0.4) is 0 Å². The van der Waals surface area contributed by atoms with Gasteiger partial charge in [0.2, 0.25) is 0 Å². The number of ether oxygens (including phenoxy) is 1. The lowest BCUT2D eigenvalue weighted by atomic mass is 10.2. The highest BCUT2D eigenvalue weighted by Gasteiger charge is 2.32. The van der Waals surface area contributed by atoms with Gasteiger partial charge in [-0.2, -0.15) is 13.2 Å². The molecule has 0 saturated carbocycles. The summed E-state index contributed by atoms with van der Waals surface area (Å²) in [5.41, 5.74) is -0.900. The summed E-state index contributed by atoms with van der Waals surface area (Å²) < 4.78 is 41.9. The number of nitrogens with zero attached hydrogens (tertiary/aromatic N) is 1. The summed E-state index contributed by atoms with van der Waals surface area (Å²) >= 11 is 5.85. The maximum atomic E-state index is 12.4. The van der Waals surface area contributed by atoms with Gasteiger partial charge >= 0.3 is 12.1 Å². The number of benzene rings is 1. The number of carbonyl (C=O) groups is 2. The average Bonchev–Trinajstić information content (AvgIpc) is 2.55. The van der Waals surface area contributed by atoms with Crippen molar-refractivity contribution in [3.63, 3.8) is 0 Å². The molecule has 0 spiro atoms. The van der Waals surface area contributed by atoms with Crippen LogP contribution in [0.5, 0.6) is 0 Å². The topological polar surface area (TPSA) is 68.3 Å². The smallest absolute Gasteiger partial charge is 0.433 e. The number of aromatic nitrogens is 1. The van der Waals surface area contributed by atoms with E-state index in [9.17, 15) is 22.8 Å². The first kappa shape index (κ1) is 17.7. The van der Waals surface area contributed by atoms with Gasteiger partial charge in [0.1, 0.15) is 5.69 Å². The second kappa shape index (κ2) is 6.88. The minimum atomic E-state index is -4.58. The number of carbonyl (C=O) groups excluding carboxylic acids is 2. The second-order valence-corrected chi connectivity index (χ2v) is 4.98. The molecule has 5 nitrogen and oxygen atoms in total. The normalized spacial score (nSPS) is 11.0. The number of methoxy groups -OCH3 is 1. The average molecular weight is 359 g/mol. The fraction of sp³-hybridized carbons (Fsp3) is 0.133. The zero-order valence-electron chi connectivity index (χ0n) is 12.1. The van der Waals surface area contributed by atoms with Crippen LogP contribution in [0.1, 0.15) is 26.4 Å². The molecule has 0 fully saturated rings. The van der Waals surface area contributed by atoms with Crippen molar-refractivity contribution in [2.75, 3.05) is 12.4 Å². The first-order valence-electron chi connectivity index (χ1n) is 6.45. The Kier molecular flexibility index (Phi) is 5.08. The third-order valence-corrected chi connectivity index (χ3v) is 3.28. The van der Waals surface area contributed by atoms with Crippen molar-refractivity contribution in [1.29, 1.82) is 0 Å². The Bertz CT molecular complexity index is 777. The van der Waals surface area contributed by atoms with Crippen molar-refractivity contribution in [1.82, 2.24) is 4.98 Å². The lowest BCUT2D eigenvalue weighted by Crippen LogP contribution is -2.14. The summed E-state index contributed by atoms with van der Waals surface area (Å²) in [5, 5.41) is 2.57. The molecule has 1 N–H and O–H groups in total. The Morgan fingerprint density at radius 3 is 2.46 bits per heavy atom. The predicted octanol–water partition coefficient (Wildman–Crippen LogP) is 3.79. The van der Waals surface area contributed by atoms with Crippen molar-refractivity contribution in [2.24, 2.45) is 0 Å². The molecule has 0 radical (unpaired) electrons. The van der Waals surface area contributed by atoms with Crippen molar-refractivity contribution < 1.29 is 27.5 Å². The number of alkyl halides is 3. The van der Waals surface area contributed by atoms with E-state index < -0.39 is 23.7 Å². The number of anilines is 1. The minimum absolute atomic E-state index is 0.0440. The maximum Gasteiger partial charge on any atom is 0.433 e. The molecule has 1 heterocycles. The van der Waals surface area contributed by atoms with Crippen LogP contribution in [0.4, 0.5) is 18.9 Å². The van der Waals surface area contributed by atoms with E-state index in [0.29, 0.717) is 6.07 Å². The van der Waals surface area contributed by atoms with E-state index in [1.54, 1.807) is 0 Å². The molecular formula is C15H10ClF3N2O3. The highest BCUT2D eigenvalue weighted by atomic mass is 35.5. The summed E-state index contributed by atoms with van der Waals surface area (Å²) in [6, 6.07) is 5.82. The molecule has 2 aromatic rings. The molecule has 0 saturated heterocycles. The molecule has 1 aromatic carbocycles. The van der Waals surface area contributed by atoms with Crippen molar-refractivity contribution in [2.45, 2.75) is 6.18 Å². The zero-order chi connectivity index (χ0) is 17.9. The zero-order valence-corrected chi connectivity index (χ0v) is 12.9. The van der Waals surface area contributed by atoms with Crippen molar-refractivity contribution in [3.05, 3.63) is 58.4 Å². The molecule has 1 amide bonds. The SMILES string of the molecule is COC(=O)c1cc(NC(=O)c2ccc(C(F)(F)F)nc2)ccc1Cl. The largest absolute Gasteiger partial charge is 0.465 e. The highest BCUT2D eigenvalue weighted by molar-refractivity contribution is 6.33. The number of halogens is 4. The van der Waals surface area contributed by atoms with Gasteiger partial charge < -0.3 is 10.1 Å². The molecule has 9 heteroatoms. The Labute approximate surface area is 139 Å². The van der Waals surface area contributed by atoms with Gasteiger partial charge in [0.15, 0.2) is 0 Å². The van der Waals surface area contributed by atoms with E-state index in [-0.39, 0.29) is 21.8 Å². The molecule has 0 unspecified atom stereocenters. The molecule has 24 heavy (non-hydrogen) atoms. The van der Waals surface area contributed by atoms with Crippen LogP contribution in [-0.4, -0.2) is 24.0 Å². The van der Waals surface area contributed by atoms with E-state index in [0.717, 1.165) is 12.3 Å². The van der Waals surface area contributed by atoms with E-state index in [4.69, 9.17) is 11.6 Å². The van der Waals surface area contributed by atoms with E-state index >= 15 is 0 Å². The molecule has 0 atom stereocenters. The Hall–Kier alpha value is -2.61. The molecule has 1 aromatic heterocycles. The molecule has 2 rings (SSSR count). The predicted molar refractivity (Wildman–Crippen MR) is 80.0 cm³/mol. The van der Waals surface area contributed by atoms with Crippen LogP contribution < -0.4 is 5.32 Å². The summed E-state index contributed by atoms with van der Waals surface area (Å²) in [7, 11) is 1.18. The summed E-state index contributed by atoms with van der Waals surface area (Å²) in [4.78, 5) is 26.8. The number of amides is 1.